The summed E-state index contributed by atoms with van der Waals surface area (Å²) in [6, 6.07) is 2.06. The van der Waals surface area contributed by atoms with Crippen LogP contribution < -0.4 is 11.1 Å². The number of amides is 1. The predicted molar refractivity (Wildman–Crippen MR) is 80.2 cm³/mol. The zero-order valence-electron chi connectivity index (χ0n) is 12.4. The van der Waals surface area contributed by atoms with Crippen molar-refractivity contribution in [2.75, 3.05) is 65.4 Å². The second-order valence-corrected chi connectivity index (χ2v) is 5.36. The average Bonchev–Trinajstić information content (AvgIpc) is 2.54. The smallest absolute Gasteiger partial charge is 0.266 e. The summed E-state index contributed by atoms with van der Waals surface area (Å²) in [5.41, 5.74) is 5.79. The van der Waals surface area contributed by atoms with Crippen LogP contribution in [0.3, 0.4) is 0 Å². The number of rotatable bonds is 4. The van der Waals surface area contributed by atoms with Crippen LogP contribution in [0.1, 0.15) is 0 Å². The third kappa shape index (κ3) is 4.43. The summed E-state index contributed by atoms with van der Waals surface area (Å²) in [5, 5.41) is 12.5. The Morgan fingerprint density at radius 3 is 2.43 bits per heavy atom. The Labute approximate surface area is 126 Å². The molecule has 7 nitrogen and oxygen atoms in total. The van der Waals surface area contributed by atoms with Crippen molar-refractivity contribution >= 4 is 5.91 Å². The van der Waals surface area contributed by atoms with Crippen molar-refractivity contribution in [2.45, 2.75) is 0 Å². The van der Waals surface area contributed by atoms with Gasteiger partial charge in [-0.2, -0.15) is 5.26 Å². The first-order valence-corrected chi connectivity index (χ1v) is 7.53. The van der Waals surface area contributed by atoms with E-state index in [0.29, 0.717) is 19.6 Å². The Bertz CT molecular complexity index is 416. The highest BCUT2D eigenvalue weighted by atomic mass is 16.2. The van der Waals surface area contributed by atoms with E-state index in [4.69, 9.17) is 5.73 Å². The van der Waals surface area contributed by atoms with Crippen molar-refractivity contribution < 1.29 is 4.79 Å². The van der Waals surface area contributed by atoms with Gasteiger partial charge < -0.3 is 20.9 Å². The third-order valence-electron chi connectivity index (χ3n) is 3.92. The Balaban J connectivity index is 1.91. The minimum absolute atomic E-state index is 0.150. The zero-order valence-corrected chi connectivity index (χ0v) is 12.4. The van der Waals surface area contributed by atoms with E-state index in [1.807, 2.05) is 0 Å². The lowest BCUT2D eigenvalue weighted by Crippen LogP contribution is -2.48. The summed E-state index contributed by atoms with van der Waals surface area (Å²) in [7, 11) is 0. The minimum Gasteiger partial charge on any atom is -0.374 e. The van der Waals surface area contributed by atoms with E-state index in [9.17, 15) is 10.1 Å². The Morgan fingerprint density at radius 2 is 1.86 bits per heavy atom. The quantitative estimate of drug-likeness (QED) is 0.479. The monoisotopic (exact) mass is 292 g/mol. The standard InChI is InChI=1S/C14H24N6O/c15-1-4-18-7-9-19(10-8-18)12-13(11-16)14(21)20-5-2-17-3-6-20/h12,17H,1-10,15H2/b13-12-. The normalized spacial score (nSPS) is 21.2. The highest BCUT2D eigenvalue weighted by Crippen LogP contribution is 2.08. The highest BCUT2D eigenvalue weighted by Gasteiger charge is 2.22. The molecule has 1 amide bonds. The Morgan fingerprint density at radius 1 is 1.19 bits per heavy atom. The number of nitrogens with two attached hydrogens (primary N) is 1. The van der Waals surface area contributed by atoms with Crippen LogP contribution in [0.5, 0.6) is 0 Å². The molecular formula is C14H24N6O. The first-order valence-electron chi connectivity index (χ1n) is 7.53. The molecule has 0 aromatic rings. The number of hydrogen-bond acceptors (Lipinski definition) is 6. The molecular weight excluding hydrogens is 268 g/mol. The van der Waals surface area contributed by atoms with Gasteiger partial charge in [0.05, 0.1) is 0 Å². The molecule has 2 aliphatic rings. The van der Waals surface area contributed by atoms with Gasteiger partial charge in [0, 0.05) is 71.6 Å². The van der Waals surface area contributed by atoms with Crippen LogP contribution in [-0.2, 0) is 4.79 Å². The Kier molecular flexibility index (Phi) is 5.99. The third-order valence-corrected chi connectivity index (χ3v) is 3.92. The molecule has 0 aliphatic carbocycles. The van der Waals surface area contributed by atoms with Gasteiger partial charge >= 0.3 is 0 Å². The first kappa shape index (κ1) is 15.8. The molecule has 2 rings (SSSR count). The maximum absolute atomic E-state index is 12.3. The van der Waals surface area contributed by atoms with E-state index in [0.717, 1.165) is 45.8 Å². The van der Waals surface area contributed by atoms with Crippen LogP contribution in [0.15, 0.2) is 11.8 Å². The second-order valence-electron chi connectivity index (χ2n) is 5.36. The van der Waals surface area contributed by atoms with Crippen molar-refractivity contribution in [1.29, 1.82) is 5.26 Å². The van der Waals surface area contributed by atoms with Gasteiger partial charge in [-0.3, -0.25) is 9.69 Å². The summed E-state index contributed by atoms with van der Waals surface area (Å²) in [6.45, 7) is 8.01. The van der Waals surface area contributed by atoms with Crippen LogP contribution in [0.2, 0.25) is 0 Å². The number of carbonyl (C=O) groups excluding carboxylic acids is 1. The van der Waals surface area contributed by atoms with E-state index in [1.54, 1.807) is 11.1 Å². The zero-order chi connectivity index (χ0) is 15.1. The molecule has 3 N–H and O–H groups in total. The summed E-state index contributed by atoms with van der Waals surface area (Å²) in [5.74, 6) is -0.150. The fourth-order valence-corrected chi connectivity index (χ4v) is 2.65. The van der Waals surface area contributed by atoms with Gasteiger partial charge in [0.15, 0.2) is 0 Å². The molecule has 0 unspecified atom stereocenters. The van der Waals surface area contributed by atoms with Gasteiger partial charge in [-0.15, -0.1) is 0 Å². The van der Waals surface area contributed by atoms with Crippen LogP contribution in [-0.4, -0.2) is 86.1 Å². The summed E-state index contributed by atoms with van der Waals surface area (Å²) >= 11 is 0. The lowest BCUT2D eigenvalue weighted by molar-refractivity contribution is -0.127. The molecule has 0 radical (unpaired) electrons. The molecule has 7 heteroatoms. The molecule has 0 aromatic heterocycles. The number of piperazine rings is 2. The van der Waals surface area contributed by atoms with Crippen LogP contribution >= 0.6 is 0 Å². The van der Waals surface area contributed by atoms with E-state index in [2.05, 4.69) is 21.2 Å². The molecule has 2 aliphatic heterocycles. The molecule has 2 saturated heterocycles. The number of hydrogen-bond donors (Lipinski definition) is 2. The molecule has 0 saturated carbocycles. The van der Waals surface area contributed by atoms with Crippen molar-refractivity contribution in [2.24, 2.45) is 5.73 Å². The minimum atomic E-state index is -0.150. The van der Waals surface area contributed by atoms with Crippen LogP contribution in [0.25, 0.3) is 0 Å². The van der Waals surface area contributed by atoms with Crippen molar-refractivity contribution in [3.05, 3.63) is 11.8 Å². The van der Waals surface area contributed by atoms with Gasteiger partial charge in [0.1, 0.15) is 11.6 Å². The summed E-state index contributed by atoms with van der Waals surface area (Å²) < 4.78 is 0. The number of carbonyl (C=O) groups is 1. The van der Waals surface area contributed by atoms with Gasteiger partial charge in [0.25, 0.3) is 5.91 Å². The SMILES string of the molecule is N#C/C(=C/N1CCN(CCN)CC1)C(=O)N1CCNCC1. The molecule has 0 spiro atoms. The second kappa shape index (κ2) is 7.98. The number of nitrogens with zero attached hydrogens (tertiary/aromatic N) is 4. The Hall–Kier alpha value is -1.62. The van der Waals surface area contributed by atoms with Gasteiger partial charge in [-0.1, -0.05) is 0 Å². The number of nitrogens with one attached hydrogen (secondary N) is 1. The van der Waals surface area contributed by atoms with Crippen molar-refractivity contribution in [3.8, 4) is 6.07 Å². The first-order chi connectivity index (χ1) is 10.2. The fourth-order valence-electron chi connectivity index (χ4n) is 2.65. The lowest BCUT2D eigenvalue weighted by atomic mass is 10.2. The van der Waals surface area contributed by atoms with Crippen LogP contribution in [0.4, 0.5) is 0 Å². The molecule has 2 heterocycles. The van der Waals surface area contributed by atoms with Crippen molar-refractivity contribution in [1.82, 2.24) is 20.0 Å². The lowest BCUT2D eigenvalue weighted by Gasteiger charge is -2.34. The largest absolute Gasteiger partial charge is 0.374 e. The number of nitriles is 1. The van der Waals surface area contributed by atoms with Gasteiger partial charge in [-0.25, -0.2) is 0 Å². The van der Waals surface area contributed by atoms with Crippen LogP contribution in [0, 0.1) is 11.3 Å². The molecule has 116 valence electrons. The summed E-state index contributed by atoms with van der Waals surface area (Å²) in [6.07, 6.45) is 1.73. The van der Waals surface area contributed by atoms with E-state index < -0.39 is 0 Å². The van der Waals surface area contributed by atoms with Gasteiger partial charge in [0.2, 0.25) is 0 Å². The maximum Gasteiger partial charge on any atom is 0.266 e. The molecule has 0 atom stereocenters. The maximum atomic E-state index is 12.3. The molecule has 2 fully saturated rings. The van der Waals surface area contributed by atoms with E-state index >= 15 is 0 Å². The predicted octanol–water partition coefficient (Wildman–Crippen LogP) is -1.60. The van der Waals surface area contributed by atoms with E-state index in [-0.39, 0.29) is 11.5 Å². The highest BCUT2D eigenvalue weighted by molar-refractivity contribution is 5.97. The van der Waals surface area contributed by atoms with Gasteiger partial charge in [-0.05, 0) is 0 Å². The fraction of sp³-hybridized carbons (Fsp3) is 0.714. The molecule has 21 heavy (non-hydrogen) atoms. The van der Waals surface area contributed by atoms with Crippen molar-refractivity contribution in [3.63, 3.8) is 0 Å². The molecule has 0 aromatic carbocycles. The average molecular weight is 292 g/mol. The molecule has 0 bridgehead atoms. The topological polar surface area (TPSA) is 88.6 Å². The summed E-state index contributed by atoms with van der Waals surface area (Å²) in [4.78, 5) is 18.4. The van der Waals surface area contributed by atoms with E-state index in [1.165, 1.54) is 0 Å².